The Bertz CT molecular complexity index is 1060. The second-order valence-electron chi connectivity index (χ2n) is 9.57. The van der Waals surface area contributed by atoms with Crippen LogP contribution in [0.5, 0.6) is 11.5 Å². The Morgan fingerprint density at radius 1 is 1.03 bits per heavy atom. The molecule has 1 heterocycles. The Morgan fingerprint density at radius 2 is 1.82 bits per heavy atom. The number of ether oxygens (including phenoxy) is 2. The van der Waals surface area contributed by atoms with E-state index in [1.54, 1.807) is 14.2 Å². The minimum atomic E-state index is 0.0891. The first-order valence-electron chi connectivity index (χ1n) is 12.2. The summed E-state index contributed by atoms with van der Waals surface area (Å²) in [6.45, 7) is 0. The van der Waals surface area contributed by atoms with Gasteiger partial charge in [-0.1, -0.05) is 49.6 Å². The van der Waals surface area contributed by atoms with Gasteiger partial charge in [-0.2, -0.15) is 0 Å². The Labute approximate surface area is 196 Å². The molecule has 33 heavy (non-hydrogen) atoms. The lowest BCUT2D eigenvalue weighted by molar-refractivity contribution is 0.0697. The average Bonchev–Trinajstić information content (AvgIpc) is 3.37. The fraction of sp³-hybridized carbons (Fsp3) is 0.464. The fourth-order valence-electron chi connectivity index (χ4n) is 6.00. The zero-order valence-electron chi connectivity index (χ0n) is 19.8. The molecule has 2 aromatic rings. The number of rotatable bonds is 5. The summed E-state index contributed by atoms with van der Waals surface area (Å²) < 4.78 is 11.0. The number of carbonyl (C=O) groups excluding carboxylic acids is 1. The summed E-state index contributed by atoms with van der Waals surface area (Å²) in [4.78, 5) is 15.7. The highest BCUT2D eigenvalue weighted by atomic mass is 16.5. The number of fused-ring (bicyclic) bond motifs is 3. The van der Waals surface area contributed by atoms with E-state index in [4.69, 9.17) is 9.47 Å². The van der Waals surface area contributed by atoms with Crippen molar-refractivity contribution in [2.24, 2.45) is 5.92 Å². The topological polar surface area (TPSA) is 50.8 Å². The number of nitrogens with one attached hydrogen (secondary N) is 1. The molecule has 2 aliphatic carbocycles. The molecular formula is C28H34N2O3. The number of amides is 1. The monoisotopic (exact) mass is 446 g/mol. The van der Waals surface area contributed by atoms with E-state index in [0.29, 0.717) is 17.9 Å². The van der Waals surface area contributed by atoms with E-state index in [1.165, 1.54) is 24.8 Å². The molecule has 0 saturated heterocycles. The van der Waals surface area contributed by atoms with Gasteiger partial charge in [0.2, 0.25) is 0 Å². The van der Waals surface area contributed by atoms with Gasteiger partial charge in [0.05, 0.1) is 31.5 Å². The number of para-hydroxylation sites is 1. The maximum absolute atomic E-state index is 13.7. The molecule has 0 aromatic heterocycles. The third-order valence-corrected chi connectivity index (χ3v) is 7.84. The summed E-state index contributed by atoms with van der Waals surface area (Å²) in [5.74, 6) is 2.27. The molecule has 0 radical (unpaired) electrons. The number of hydrogen-bond donors (Lipinski definition) is 1. The van der Waals surface area contributed by atoms with Gasteiger partial charge in [0, 0.05) is 19.0 Å². The van der Waals surface area contributed by atoms with Crippen molar-refractivity contribution in [3.05, 3.63) is 65.2 Å². The quantitative estimate of drug-likeness (QED) is 0.578. The molecule has 1 amide bonds. The highest BCUT2D eigenvalue weighted by Crippen LogP contribution is 2.51. The third kappa shape index (κ3) is 3.88. The van der Waals surface area contributed by atoms with E-state index < -0.39 is 0 Å². The van der Waals surface area contributed by atoms with Crippen molar-refractivity contribution >= 4 is 11.6 Å². The van der Waals surface area contributed by atoms with Crippen LogP contribution in [-0.4, -0.2) is 38.1 Å². The lowest BCUT2D eigenvalue weighted by Crippen LogP contribution is -2.39. The first-order chi connectivity index (χ1) is 16.1. The van der Waals surface area contributed by atoms with E-state index in [1.807, 2.05) is 30.1 Å². The van der Waals surface area contributed by atoms with Gasteiger partial charge in [0.1, 0.15) is 0 Å². The van der Waals surface area contributed by atoms with Crippen molar-refractivity contribution < 1.29 is 14.3 Å². The number of nitrogens with zero attached hydrogens (tertiary/aromatic N) is 1. The molecule has 3 unspecified atom stereocenters. The molecule has 1 N–H and O–H groups in total. The number of benzene rings is 2. The minimum absolute atomic E-state index is 0.0891. The van der Waals surface area contributed by atoms with Gasteiger partial charge in [-0.25, -0.2) is 0 Å². The Balaban J connectivity index is 1.51. The number of anilines is 1. The van der Waals surface area contributed by atoms with E-state index >= 15 is 0 Å². The predicted molar refractivity (Wildman–Crippen MR) is 131 cm³/mol. The largest absolute Gasteiger partial charge is 0.493 e. The molecule has 5 rings (SSSR count). The van der Waals surface area contributed by atoms with Crippen molar-refractivity contribution in [2.45, 2.75) is 56.5 Å². The predicted octanol–water partition coefficient (Wildman–Crippen LogP) is 5.94. The highest BCUT2D eigenvalue weighted by Gasteiger charge is 2.40. The van der Waals surface area contributed by atoms with Crippen LogP contribution in [0.4, 0.5) is 5.69 Å². The summed E-state index contributed by atoms with van der Waals surface area (Å²) in [5.41, 5.74) is 4.15. The summed E-state index contributed by atoms with van der Waals surface area (Å²) >= 11 is 0. The molecule has 3 aliphatic rings. The average molecular weight is 447 g/mol. The lowest BCUT2D eigenvalue weighted by atomic mass is 9.76. The first kappa shape index (κ1) is 21.9. The van der Waals surface area contributed by atoms with Crippen LogP contribution in [0.2, 0.25) is 0 Å². The van der Waals surface area contributed by atoms with Gasteiger partial charge in [0.25, 0.3) is 5.91 Å². The van der Waals surface area contributed by atoms with Crippen LogP contribution in [0.25, 0.3) is 0 Å². The summed E-state index contributed by atoms with van der Waals surface area (Å²) in [7, 11) is 5.30. The molecule has 174 valence electrons. The fourth-order valence-corrected chi connectivity index (χ4v) is 6.00. The van der Waals surface area contributed by atoms with Crippen LogP contribution in [0.15, 0.2) is 48.6 Å². The molecule has 3 atom stereocenters. The number of methoxy groups -OCH3 is 2. The zero-order valence-corrected chi connectivity index (χ0v) is 19.8. The second kappa shape index (κ2) is 9.12. The van der Waals surface area contributed by atoms with E-state index in [2.05, 4.69) is 35.7 Å². The zero-order chi connectivity index (χ0) is 22.9. The Morgan fingerprint density at radius 3 is 2.58 bits per heavy atom. The molecule has 1 aliphatic heterocycles. The van der Waals surface area contributed by atoms with Crippen molar-refractivity contribution in [1.82, 2.24) is 4.90 Å². The molecule has 5 nitrogen and oxygen atoms in total. The van der Waals surface area contributed by atoms with Gasteiger partial charge < -0.3 is 19.7 Å². The Hall–Kier alpha value is -2.95. The molecule has 2 aromatic carbocycles. The van der Waals surface area contributed by atoms with E-state index in [-0.39, 0.29) is 11.9 Å². The van der Waals surface area contributed by atoms with Crippen LogP contribution in [-0.2, 0) is 0 Å². The van der Waals surface area contributed by atoms with Crippen LogP contribution >= 0.6 is 0 Å². The summed E-state index contributed by atoms with van der Waals surface area (Å²) in [6, 6.07) is 12.8. The molecule has 1 fully saturated rings. The number of allylic oxidation sites excluding steroid dienone is 2. The van der Waals surface area contributed by atoms with Gasteiger partial charge in [0.15, 0.2) is 11.5 Å². The third-order valence-electron chi connectivity index (χ3n) is 7.84. The summed E-state index contributed by atoms with van der Waals surface area (Å²) in [6.07, 6.45) is 11.5. The van der Waals surface area contributed by atoms with Crippen LogP contribution < -0.4 is 14.8 Å². The second-order valence-corrected chi connectivity index (χ2v) is 9.57. The van der Waals surface area contributed by atoms with E-state index in [9.17, 15) is 4.79 Å². The molecule has 1 saturated carbocycles. The summed E-state index contributed by atoms with van der Waals surface area (Å²) in [5, 5.41) is 3.80. The lowest BCUT2D eigenvalue weighted by Gasteiger charge is -2.39. The van der Waals surface area contributed by atoms with Crippen molar-refractivity contribution in [1.29, 1.82) is 0 Å². The SMILES string of the molecule is COc1ccc(C2Nc3c(C(=O)N(C)C4CCCCC4)cccc3C3C=CCC32)cc1OC. The van der Waals surface area contributed by atoms with Gasteiger partial charge >= 0.3 is 0 Å². The van der Waals surface area contributed by atoms with Crippen molar-refractivity contribution in [3.8, 4) is 11.5 Å². The molecule has 0 spiro atoms. The smallest absolute Gasteiger partial charge is 0.255 e. The minimum Gasteiger partial charge on any atom is -0.493 e. The van der Waals surface area contributed by atoms with Gasteiger partial charge in [-0.05, 0) is 54.5 Å². The van der Waals surface area contributed by atoms with Crippen LogP contribution in [0.1, 0.15) is 72.0 Å². The van der Waals surface area contributed by atoms with Gasteiger partial charge in [-0.15, -0.1) is 0 Å². The van der Waals surface area contributed by atoms with Crippen molar-refractivity contribution in [3.63, 3.8) is 0 Å². The molecule has 5 heteroatoms. The maximum Gasteiger partial charge on any atom is 0.255 e. The highest BCUT2D eigenvalue weighted by molar-refractivity contribution is 6.01. The normalized spacial score (nSPS) is 23.9. The standard InChI is InChI=1S/C28H34N2O3/c1-30(19-9-5-4-6-10-19)28(31)23-14-8-13-22-20-11-7-12-21(20)26(29-27(22)23)18-15-16-24(32-2)25(17-18)33-3/h7-8,11,13-17,19-21,26,29H,4-6,9-10,12H2,1-3H3. The Kier molecular flexibility index (Phi) is 6.05. The number of carbonyl (C=O) groups is 1. The van der Waals surface area contributed by atoms with E-state index in [0.717, 1.165) is 47.6 Å². The number of hydrogen-bond acceptors (Lipinski definition) is 4. The molecule has 0 bridgehead atoms. The van der Waals surface area contributed by atoms with Crippen molar-refractivity contribution in [2.75, 3.05) is 26.6 Å². The van der Waals surface area contributed by atoms with Crippen LogP contribution in [0.3, 0.4) is 0 Å². The first-order valence-corrected chi connectivity index (χ1v) is 12.2. The van der Waals surface area contributed by atoms with Gasteiger partial charge in [-0.3, -0.25) is 4.79 Å². The molecular weight excluding hydrogens is 412 g/mol. The van der Waals surface area contributed by atoms with Crippen LogP contribution in [0, 0.1) is 5.92 Å². The maximum atomic E-state index is 13.7.